The number of hydrogen-bond acceptors (Lipinski definition) is 7. The number of nitrogens with zero attached hydrogens (tertiary/aromatic N) is 2. The van der Waals surface area contributed by atoms with Crippen LogP contribution in [-0.2, 0) is 0 Å². The van der Waals surface area contributed by atoms with E-state index < -0.39 is 0 Å². The van der Waals surface area contributed by atoms with E-state index in [-0.39, 0.29) is 11.9 Å². The molecule has 33 heavy (non-hydrogen) atoms. The molecule has 2 N–H and O–H groups in total. The van der Waals surface area contributed by atoms with Crippen LogP contribution in [0.5, 0.6) is 17.2 Å². The lowest BCUT2D eigenvalue weighted by atomic mass is 10.1. The molecule has 3 heterocycles. The number of carbonyl (C=O) groups excluding carboxylic acids is 1. The maximum Gasteiger partial charge on any atom is 0.251 e. The molecule has 4 rings (SSSR count). The highest BCUT2D eigenvalue weighted by Crippen LogP contribution is 2.39. The van der Waals surface area contributed by atoms with Crippen LogP contribution < -0.4 is 24.4 Å². The summed E-state index contributed by atoms with van der Waals surface area (Å²) in [5, 5.41) is 12.8. The van der Waals surface area contributed by atoms with Crippen LogP contribution in [0.1, 0.15) is 37.6 Å². The number of amides is 1. The highest BCUT2D eigenvalue weighted by atomic mass is 32.1. The van der Waals surface area contributed by atoms with Crippen LogP contribution in [0, 0.1) is 0 Å². The predicted molar refractivity (Wildman–Crippen MR) is 130 cm³/mol. The number of ether oxygens (including phenoxy) is 3. The van der Waals surface area contributed by atoms with Crippen LogP contribution >= 0.6 is 11.3 Å². The zero-order valence-electron chi connectivity index (χ0n) is 19.2. The summed E-state index contributed by atoms with van der Waals surface area (Å²) in [6.07, 6.45) is 0.848. The number of hydrogen-bond donors (Lipinski definition) is 2. The van der Waals surface area contributed by atoms with Crippen molar-refractivity contribution < 1.29 is 19.0 Å². The van der Waals surface area contributed by atoms with Gasteiger partial charge >= 0.3 is 0 Å². The third-order valence-electron chi connectivity index (χ3n) is 5.37. The molecule has 176 valence electrons. The van der Waals surface area contributed by atoms with Crippen LogP contribution in [0.3, 0.4) is 0 Å². The summed E-state index contributed by atoms with van der Waals surface area (Å²) in [7, 11) is 0. The largest absolute Gasteiger partial charge is 0.490 e. The van der Waals surface area contributed by atoms with Crippen molar-refractivity contribution in [3.8, 4) is 27.8 Å². The number of anilines is 1. The standard InChI is InChI=1S/C24H30N4O4S/c1-4-30-19-12-16(13-20(31-5-2)23(19)32-6-3)24(29)25-17-9-10-28(15-17)22-14-18(26-27-22)21-8-7-11-33-21/h7-8,11-14,17H,4-6,9-10,15H2,1-3H3,(H,25,29)(H,26,27)/t17-/m1/s1. The summed E-state index contributed by atoms with van der Waals surface area (Å²) in [5.41, 5.74) is 1.50. The Hall–Kier alpha value is -3.20. The Bertz CT molecular complexity index is 1040. The van der Waals surface area contributed by atoms with Gasteiger partial charge in [-0.3, -0.25) is 9.89 Å². The van der Waals surface area contributed by atoms with E-state index >= 15 is 0 Å². The molecule has 8 nitrogen and oxygen atoms in total. The van der Waals surface area contributed by atoms with E-state index in [1.54, 1.807) is 23.5 Å². The third-order valence-corrected chi connectivity index (χ3v) is 6.27. The predicted octanol–water partition coefficient (Wildman–Crippen LogP) is 4.34. The van der Waals surface area contributed by atoms with Crippen LogP contribution in [0.25, 0.3) is 10.6 Å². The minimum Gasteiger partial charge on any atom is -0.490 e. The second-order valence-electron chi connectivity index (χ2n) is 7.62. The van der Waals surface area contributed by atoms with E-state index in [0.29, 0.717) is 49.2 Å². The van der Waals surface area contributed by atoms with Gasteiger partial charge in [-0.05, 0) is 50.8 Å². The van der Waals surface area contributed by atoms with Gasteiger partial charge in [0, 0.05) is 30.8 Å². The molecular weight excluding hydrogens is 440 g/mol. The fraction of sp³-hybridized carbons (Fsp3) is 0.417. The van der Waals surface area contributed by atoms with Gasteiger partial charge in [-0.25, -0.2) is 0 Å². The molecule has 0 bridgehead atoms. The van der Waals surface area contributed by atoms with Gasteiger partial charge < -0.3 is 24.4 Å². The van der Waals surface area contributed by atoms with Crippen molar-refractivity contribution in [3.05, 3.63) is 41.3 Å². The molecule has 9 heteroatoms. The maximum atomic E-state index is 13.1. The van der Waals surface area contributed by atoms with Crippen molar-refractivity contribution in [1.82, 2.24) is 15.5 Å². The van der Waals surface area contributed by atoms with Gasteiger partial charge in [0.1, 0.15) is 0 Å². The highest BCUT2D eigenvalue weighted by molar-refractivity contribution is 7.13. The van der Waals surface area contributed by atoms with Gasteiger partial charge in [0.25, 0.3) is 5.91 Å². The molecule has 3 aromatic rings. The molecule has 0 saturated carbocycles. The number of aromatic nitrogens is 2. The Kier molecular flexibility index (Phi) is 7.39. The summed E-state index contributed by atoms with van der Waals surface area (Å²) in [6.45, 7) is 8.64. The van der Waals surface area contributed by atoms with E-state index in [2.05, 4.69) is 32.5 Å². The van der Waals surface area contributed by atoms with Crippen molar-refractivity contribution in [2.75, 3.05) is 37.8 Å². The maximum absolute atomic E-state index is 13.1. The summed E-state index contributed by atoms with van der Waals surface area (Å²) in [4.78, 5) is 16.4. The summed E-state index contributed by atoms with van der Waals surface area (Å²) >= 11 is 1.68. The number of carbonyl (C=O) groups is 1. The van der Waals surface area contributed by atoms with Gasteiger partial charge in [-0.1, -0.05) is 6.07 Å². The average molecular weight is 471 g/mol. The van der Waals surface area contributed by atoms with Gasteiger partial charge in [-0.2, -0.15) is 5.10 Å². The Morgan fingerprint density at radius 2 is 1.88 bits per heavy atom. The molecule has 0 radical (unpaired) electrons. The normalized spacial score (nSPS) is 15.5. The SMILES string of the molecule is CCOc1cc(C(=O)N[C@@H]2CCN(c3cc(-c4cccs4)[nH]n3)C2)cc(OCC)c1OCC. The van der Waals surface area contributed by atoms with Crippen LogP contribution in [0.4, 0.5) is 5.82 Å². The molecule has 1 atom stereocenters. The molecule has 0 unspecified atom stereocenters. The fourth-order valence-corrected chi connectivity index (χ4v) is 4.60. The first-order valence-corrected chi connectivity index (χ1v) is 12.2. The fourth-order valence-electron chi connectivity index (χ4n) is 3.91. The number of nitrogens with one attached hydrogen (secondary N) is 2. The minimum absolute atomic E-state index is 0.0250. The average Bonchev–Trinajstić information content (AvgIpc) is 3.57. The van der Waals surface area contributed by atoms with E-state index in [0.717, 1.165) is 29.4 Å². The molecule has 1 saturated heterocycles. The Morgan fingerprint density at radius 1 is 1.15 bits per heavy atom. The molecule has 1 amide bonds. The second-order valence-corrected chi connectivity index (χ2v) is 8.57. The molecule has 1 aliphatic heterocycles. The van der Waals surface area contributed by atoms with Gasteiger partial charge in [0.2, 0.25) is 5.75 Å². The summed E-state index contributed by atoms with van der Waals surface area (Å²) in [5.74, 6) is 2.30. The number of benzene rings is 1. The zero-order chi connectivity index (χ0) is 23.2. The second kappa shape index (κ2) is 10.6. The van der Waals surface area contributed by atoms with E-state index in [4.69, 9.17) is 14.2 Å². The first kappa shape index (κ1) is 23.0. The first-order valence-electron chi connectivity index (χ1n) is 11.3. The summed E-state index contributed by atoms with van der Waals surface area (Å²) in [6, 6.07) is 9.62. The van der Waals surface area contributed by atoms with Crippen molar-refractivity contribution in [2.24, 2.45) is 0 Å². The number of thiophene rings is 1. The molecule has 0 aliphatic carbocycles. The Morgan fingerprint density at radius 3 is 2.52 bits per heavy atom. The molecule has 1 fully saturated rings. The van der Waals surface area contributed by atoms with Crippen molar-refractivity contribution in [2.45, 2.75) is 33.2 Å². The lowest BCUT2D eigenvalue weighted by molar-refractivity contribution is 0.0939. The number of rotatable bonds is 10. The minimum atomic E-state index is -0.159. The number of H-pyrrole nitrogens is 1. The third kappa shape index (κ3) is 5.24. The van der Waals surface area contributed by atoms with Crippen molar-refractivity contribution in [3.63, 3.8) is 0 Å². The smallest absolute Gasteiger partial charge is 0.251 e. The highest BCUT2D eigenvalue weighted by Gasteiger charge is 2.27. The van der Waals surface area contributed by atoms with E-state index in [1.165, 1.54) is 0 Å². The van der Waals surface area contributed by atoms with Crippen LogP contribution in [0.15, 0.2) is 35.7 Å². The van der Waals surface area contributed by atoms with Gasteiger partial charge in [-0.15, -0.1) is 11.3 Å². The lowest BCUT2D eigenvalue weighted by Crippen LogP contribution is -2.37. The quantitative estimate of drug-likeness (QED) is 0.458. The van der Waals surface area contributed by atoms with Crippen molar-refractivity contribution >= 4 is 23.1 Å². The first-order chi connectivity index (χ1) is 16.1. The molecular formula is C24H30N4O4S. The topological polar surface area (TPSA) is 88.7 Å². The molecule has 0 spiro atoms. The Balaban J connectivity index is 1.45. The van der Waals surface area contributed by atoms with Crippen LogP contribution in [-0.4, -0.2) is 55.1 Å². The molecule has 1 aromatic carbocycles. The summed E-state index contributed by atoms with van der Waals surface area (Å²) < 4.78 is 17.2. The van der Waals surface area contributed by atoms with Gasteiger partial charge in [0.15, 0.2) is 17.3 Å². The lowest BCUT2D eigenvalue weighted by Gasteiger charge is -2.18. The van der Waals surface area contributed by atoms with Gasteiger partial charge in [0.05, 0.1) is 30.4 Å². The van der Waals surface area contributed by atoms with Crippen LogP contribution in [0.2, 0.25) is 0 Å². The molecule has 2 aromatic heterocycles. The number of aromatic amines is 1. The van der Waals surface area contributed by atoms with E-state index in [9.17, 15) is 4.79 Å². The monoisotopic (exact) mass is 470 g/mol. The zero-order valence-corrected chi connectivity index (χ0v) is 20.0. The van der Waals surface area contributed by atoms with Crippen molar-refractivity contribution in [1.29, 1.82) is 0 Å². The Labute approximate surface area is 197 Å². The molecule has 1 aliphatic rings. The van der Waals surface area contributed by atoms with E-state index in [1.807, 2.05) is 32.2 Å².